The molecule has 1 atom stereocenters. The van der Waals surface area contributed by atoms with E-state index in [1.807, 2.05) is 78.6 Å². The molecule has 1 N–H and O–H groups in total. The molecule has 0 unspecified atom stereocenters. The quantitative estimate of drug-likeness (QED) is 0.211. The molecule has 3 aromatic carbocycles. The van der Waals surface area contributed by atoms with E-state index in [1.54, 1.807) is 23.0 Å². The smallest absolute Gasteiger partial charge is 0.333 e. The normalized spacial score (nSPS) is 17.3. The SMILES string of the molecule is Cc1cc(C(=O)N2Cc3c(C(=O)NCc4ccccc4-c4ncccn4)n(-c4ccc(OC5CC5)cc4)c(=O)n3C[C@@H]2CN2CCOCC2)ccc1Br. The number of carbonyl (C=O) groups is 2. The van der Waals surface area contributed by atoms with E-state index in [0.717, 1.165) is 47.1 Å². The first kappa shape index (κ1) is 34.9. The van der Waals surface area contributed by atoms with Crippen LogP contribution in [0.15, 0.2) is 94.5 Å². The Balaban J connectivity index is 1.19. The van der Waals surface area contributed by atoms with Gasteiger partial charge in [0.15, 0.2) is 5.82 Å². The van der Waals surface area contributed by atoms with Gasteiger partial charge in [-0.05, 0) is 79.4 Å². The first-order chi connectivity index (χ1) is 25.8. The Morgan fingerprint density at radius 2 is 1.74 bits per heavy atom. The van der Waals surface area contributed by atoms with E-state index in [4.69, 9.17) is 9.47 Å². The van der Waals surface area contributed by atoms with Crippen molar-refractivity contribution in [3.8, 4) is 22.8 Å². The molecule has 12 nitrogen and oxygen atoms in total. The van der Waals surface area contributed by atoms with Crippen LogP contribution in [0.3, 0.4) is 0 Å². The van der Waals surface area contributed by atoms with Crippen molar-refractivity contribution >= 4 is 27.7 Å². The molecule has 8 rings (SSSR count). The van der Waals surface area contributed by atoms with Gasteiger partial charge in [0, 0.05) is 60.7 Å². The van der Waals surface area contributed by atoms with E-state index in [0.29, 0.717) is 48.3 Å². The zero-order valence-corrected chi connectivity index (χ0v) is 31.0. The standard InChI is InChI=1S/C40H40BrN7O5/c1-26-21-27(7-14-34(26)41)39(50)46-25-35-36(38(49)44-22-28-5-2-3-6-33(28)37-42-15-4-16-43-37)48(29-8-10-31(11-9-29)53-32-12-13-32)40(51)47(35)24-30(46)23-45-17-19-52-20-18-45/h2-11,14-16,21,30,32H,12-13,17-20,22-25H2,1H3,(H,44,49)/t30-/m0/s1. The van der Waals surface area contributed by atoms with E-state index in [9.17, 15) is 14.4 Å². The number of benzene rings is 3. The molecule has 2 aliphatic heterocycles. The fourth-order valence-electron chi connectivity index (χ4n) is 7.07. The van der Waals surface area contributed by atoms with Crippen LogP contribution in [0, 0.1) is 6.92 Å². The molecule has 272 valence electrons. The van der Waals surface area contributed by atoms with E-state index in [1.165, 1.54) is 4.57 Å². The zero-order valence-electron chi connectivity index (χ0n) is 29.4. The number of hydrogen-bond donors (Lipinski definition) is 1. The predicted molar refractivity (Wildman–Crippen MR) is 202 cm³/mol. The molecule has 0 radical (unpaired) electrons. The zero-order chi connectivity index (χ0) is 36.5. The van der Waals surface area contributed by atoms with Gasteiger partial charge < -0.3 is 19.7 Å². The second kappa shape index (κ2) is 15.1. The van der Waals surface area contributed by atoms with Gasteiger partial charge in [-0.25, -0.2) is 14.8 Å². The number of aromatic nitrogens is 4. The van der Waals surface area contributed by atoms with Gasteiger partial charge >= 0.3 is 5.69 Å². The van der Waals surface area contributed by atoms with Crippen LogP contribution in [-0.4, -0.2) is 85.7 Å². The number of rotatable bonds is 10. The van der Waals surface area contributed by atoms with E-state index in [-0.39, 0.29) is 49.1 Å². The maximum absolute atomic E-state index is 14.5. The first-order valence-corrected chi connectivity index (χ1v) is 18.8. The molecule has 2 aromatic heterocycles. The molecule has 4 heterocycles. The molecule has 13 heteroatoms. The largest absolute Gasteiger partial charge is 0.490 e. The van der Waals surface area contributed by atoms with Gasteiger partial charge in [0.2, 0.25) is 0 Å². The van der Waals surface area contributed by atoms with Crippen molar-refractivity contribution in [3.05, 3.63) is 128 Å². The number of nitrogens with one attached hydrogen (secondary N) is 1. The molecule has 1 saturated heterocycles. The first-order valence-electron chi connectivity index (χ1n) is 18.0. The van der Waals surface area contributed by atoms with Crippen LogP contribution in [0.4, 0.5) is 0 Å². The molecular formula is C40H40BrN7O5. The summed E-state index contributed by atoms with van der Waals surface area (Å²) >= 11 is 3.56. The van der Waals surface area contributed by atoms with E-state index in [2.05, 4.69) is 36.1 Å². The number of nitrogens with zero attached hydrogens (tertiary/aromatic N) is 6. The lowest BCUT2D eigenvalue weighted by Gasteiger charge is -2.40. The highest BCUT2D eigenvalue weighted by atomic mass is 79.9. The minimum atomic E-state index is -0.434. The number of amides is 2. The average molecular weight is 779 g/mol. The van der Waals surface area contributed by atoms with Crippen LogP contribution in [0.1, 0.15) is 50.5 Å². The van der Waals surface area contributed by atoms with Crippen LogP contribution >= 0.6 is 15.9 Å². The highest BCUT2D eigenvalue weighted by molar-refractivity contribution is 9.10. The molecular weight excluding hydrogens is 738 g/mol. The Morgan fingerprint density at radius 3 is 2.47 bits per heavy atom. The van der Waals surface area contributed by atoms with Crippen molar-refractivity contribution in [1.29, 1.82) is 0 Å². The van der Waals surface area contributed by atoms with Gasteiger partial charge in [-0.2, -0.15) is 0 Å². The van der Waals surface area contributed by atoms with Gasteiger partial charge in [-0.1, -0.05) is 40.2 Å². The number of fused-ring (bicyclic) bond motifs is 1. The number of ether oxygens (including phenoxy) is 2. The summed E-state index contributed by atoms with van der Waals surface area (Å²) in [7, 11) is 0. The van der Waals surface area contributed by atoms with Gasteiger partial charge in [-0.3, -0.25) is 23.6 Å². The summed E-state index contributed by atoms with van der Waals surface area (Å²) in [4.78, 5) is 56.4. The van der Waals surface area contributed by atoms with Crippen LogP contribution in [0.2, 0.25) is 0 Å². The maximum Gasteiger partial charge on any atom is 0.333 e. The second-order valence-corrected chi connectivity index (χ2v) is 14.6. The maximum atomic E-state index is 14.5. The Morgan fingerprint density at radius 1 is 0.981 bits per heavy atom. The number of morpholine rings is 1. The predicted octanol–water partition coefficient (Wildman–Crippen LogP) is 4.99. The van der Waals surface area contributed by atoms with Gasteiger partial charge in [0.25, 0.3) is 11.8 Å². The lowest BCUT2D eigenvalue weighted by atomic mass is 10.1. The number of aryl methyl sites for hydroxylation is 1. The number of carbonyl (C=O) groups excluding carboxylic acids is 2. The third kappa shape index (κ3) is 7.41. The van der Waals surface area contributed by atoms with E-state index >= 15 is 0 Å². The number of hydrogen-bond acceptors (Lipinski definition) is 8. The number of imidazole rings is 1. The highest BCUT2D eigenvalue weighted by Crippen LogP contribution is 2.30. The lowest BCUT2D eigenvalue weighted by Crippen LogP contribution is -2.54. The highest BCUT2D eigenvalue weighted by Gasteiger charge is 2.38. The minimum Gasteiger partial charge on any atom is -0.490 e. The van der Waals surface area contributed by atoms with Crippen LogP contribution < -0.4 is 15.7 Å². The monoisotopic (exact) mass is 777 g/mol. The molecule has 2 fully saturated rings. The summed E-state index contributed by atoms with van der Waals surface area (Å²) in [6.45, 7) is 5.68. The Labute approximate surface area is 315 Å². The van der Waals surface area contributed by atoms with Gasteiger partial charge in [-0.15, -0.1) is 0 Å². The van der Waals surface area contributed by atoms with Crippen molar-refractivity contribution in [2.75, 3.05) is 32.8 Å². The summed E-state index contributed by atoms with van der Waals surface area (Å²) in [6, 6.07) is 21.9. The third-order valence-corrected chi connectivity index (χ3v) is 10.9. The Hall–Kier alpha value is -5.11. The fraction of sp³-hybridized carbons (Fsp3) is 0.325. The van der Waals surface area contributed by atoms with Crippen molar-refractivity contribution in [2.24, 2.45) is 0 Å². The molecule has 1 saturated carbocycles. The topological polar surface area (TPSA) is 124 Å². The minimum absolute atomic E-state index is 0.0747. The Bertz CT molecular complexity index is 2190. The summed E-state index contributed by atoms with van der Waals surface area (Å²) in [5.74, 6) is 0.672. The number of halogens is 1. The van der Waals surface area contributed by atoms with Crippen molar-refractivity contribution in [1.82, 2.24) is 34.2 Å². The summed E-state index contributed by atoms with van der Waals surface area (Å²) in [5, 5.41) is 3.09. The van der Waals surface area contributed by atoms with Crippen molar-refractivity contribution in [2.45, 2.75) is 51.5 Å². The fourth-order valence-corrected chi connectivity index (χ4v) is 7.32. The summed E-state index contributed by atoms with van der Waals surface area (Å²) in [5.41, 5.74) is 3.97. The molecule has 0 spiro atoms. The summed E-state index contributed by atoms with van der Waals surface area (Å²) in [6.07, 6.45) is 5.63. The second-order valence-electron chi connectivity index (χ2n) is 13.7. The van der Waals surface area contributed by atoms with Gasteiger partial charge in [0.1, 0.15) is 11.4 Å². The van der Waals surface area contributed by atoms with Crippen LogP contribution in [-0.2, 0) is 24.4 Å². The molecule has 3 aliphatic rings. The summed E-state index contributed by atoms with van der Waals surface area (Å²) < 4.78 is 15.6. The average Bonchev–Trinajstić information content (AvgIpc) is 3.97. The van der Waals surface area contributed by atoms with Gasteiger partial charge in [0.05, 0.1) is 43.3 Å². The Kier molecular flexibility index (Phi) is 9.95. The molecule has 1 aliphatic carbocycles. The van der Waals surface area contributed by atoms with Crippen molar-refractivity contribution < 1.29 is 19.1 Å². The molecule has 5 aromatic rings. The molecule has 53 heavy (non-hydrogen) atoms. The molecule has 2 amide bonds. The van der Waals surface area contributed by atoms with Crippen molar-refractivity contribution in [3.63, 3.8) is 0 Å². The lowest BCUT2D eigenvalue weighted by molar-refractivity contribution is 0.0148. The van der Waals surface area contributed by atoms with Crippen LogP contribution in [0.25, 0.3) is 17.1 Å². The van der Waals surface area contributed by atoms with E-state index < -0.39 is 5.91 Å². The third-order valence-electron chi connectivity index (χ3n) is 10.0. The van der Waals surface area contributed by atoms with Crippen LogP contribution in [0.5, 0.6) is 5.75 Å². The molecule has 0 bridgehead atoms.